The molecule has 0 aliphatic carbocycles. The Kier molecular flexibility index (Phi) is 4.73. The third-order valence-corrected chi connectivity index (χ3v) is 5.30. The van der Waals surface area contributed by atoms with Crippen LogP contribution in [0.4, 0.5) is 5.13 Å². The van der Waals surface area contributed by atoms with Crippen LogP contribution in [-0.2, 0) is 16.0 Å². The van der Waals surface area contributed by atoms with E-state index in [1.807, 2.05) is 17.1 Å². The van der Waals surface area contributed by atoms with E-state index in [0.29, 0.717) is 12.8 Å². The summed E-state index contributed by atoms with van der Waals surface area (Å²) in [6, 6.07) is 0. The molecule has 0 radical (unpaired) electrons. The first kappa shape index (κ1) is 14.7. The van der Waals surface area contributed by atoms with Crippen molar-refractivity contribution in [1.82, 2.24) is 4.98 Å². The Morgan fingerprint density at radius 1 is 1.58 bits per heavy atom. The van der Waals surface area contributed by atoms with E-state index in [-0.39, 0.29) is 10.7 Å². The van der Waals surface area contributed by atoms with Crippen LogP contribution < -0.4 is 4.90 Å². The van der Waals surface area contributed by atoms with Crippen LogP contribution in [0.15, 0.2) is 5.38 Å². The Morgan fingerprint density at radius 2 is 2.37 bits per heavy atom. The average molecular weight is 300 g/mol. The molecule has 106 valence electrons. The molecule has 1 fully saturated rings. The zero-order valence-electron chi connectivity index (χ0n) is 11.6. The smallest absolute Gasteiger partial charge is 0.305 e. The van der Waals surface area contributed by atoms with Crippen LogP contribution in [0.5, 0.6) is 0 Å². The number of methoxy groups -OCH3 is 1. The summed E-state index contributed by atoms with van der Waals surface area (Å²) in [7, 11) is 1.42. The van der Waals surface area contributed by atoms with Crippen molar-refractivity contribution in [3.05, 3.63) is 11.1 Å². The van der Waals surface area contributed by atoms with Gasteiger partial charge in [-0.05, 0) is 13.8 Å². The van der Waals surface area contributed by atoms with Crippen LogP contribution >= 0.6 is 23.1 Å². The maximum atomic E-state index is 11.1. The predicted octanol–water partition coefficient (Wildman–Crippen LogP) is 2.58. The van der Waals surface area contributed by atoms with Gasteiger partial charge in [0, 0.05) is 35.4 Å². The van der Waals surface area contributed by atoms with Crippen LogP contribution in [0, 0.1) is 0 Å². The number of hydrogen-bond acceptors (Lipinski definition) is 6. The fourth-order valence-corrected chi connectivity index (χ4v) is 4.07. The van der Waals surface area contributed by atoms with E-state index in [4.69, 9.17) is 0 Å². The van der Waals surface area contributed by atoms with E-state index in [0.717, 1.165) is 29.7 Å². The summed E-state index contributed by atoms with van der Waals surface area (Å²) in [6.07, 6.45) is 1.07. The predicted molar refractivity (Wildman–Crippen MR) is 81.2 cm³/mol. The zero-order valence-corrected chi connectivity index (χ0v) is 13.3. The molecule has 1 aliphatic rings. The quantitative estimate of drug-likeness (QED) is 0.800. The van der Waals surface area contributed by atoms with Crippen molar-refractivity contribution >= 4 is 34.2 Å². The molecule has 19 heavy (non-hydrogen) atoms. The number of hydrogen-bond donors (Lipinski definition) is 0. The summed E-state index contributed by atoms with van der Waals surface area (Å²) in [4.78, 5) is 18.1. The molecule has 1 saturated heterocycles. The number of anilines is 1. The van der Waals surface area contributed by atoms with Gasteiger partial charge in [-0.1, -0.05) is 0 Å². The van der Waals surface area contributed by atoms with Gasteiger partial charge in [0.15, 0.2) is 5.13 Å². The molecule has 1 aliphatic heterocycles. The van der Waals surface area contributed by atoms with Gasteiger partial charge in [0.1, 0.15) is 0 Å². The summed E-state index contributed by atoms with van der Waals surface area (Å²) in [5, 5.41) is 3.13. The molecule has 0 amide bonds. The van der Waals surface area contributed by atoms with E-state index in [9.17, 15) is 4.79 Å². The molecular formula is C13H20N2O2S2. The van der Waals surface area contributed by atoms with Crippen LogP contribution in [0.25, 0.3) is 0 Å². The van der Waals surface area contributed by atoms with E-state index < -0.39 is 0 Å². The molecule has 4 nitrogen and oxygen atoms in total. The first-order chi connectivity index (χ1) is 9.00. The molecule has 2 rings (SSSR count). The highest BCUT2D eigenvalue weighted by Gasteiger charge is 2.28. The number of carbonyl (C=O) groups is 1. The number of carbonyl (C=O) groups excluding carboxylic acids is 1. The topological polar surface area (TPSA) is 42.4 Å². The molecule has 0 bridgehead atoms. The SMILES string of the molecule is COC(=O)CCc1csc(N2CCSC(C)(C)C2)n1. The third-order valence-electron chi connectivity index (χ3n) is 3.05. The van der Waals surface area contributed by atoms with Gasteiger partial charge in [-0.2, -0.15) is 11.8 Å². The first-order valence-electron chi connectivity index (χ1n) is 6.40. The van der Waals surface area contributed by atoms with Gasteiger partial charge in [0.25, 0.3) is 0 Å². The molecule has 1 aromatic heterocycles. The lowest BCUT2D eigenvalue weighted by atomic mass is 10.2. The maximum absolute atomic E-state index is 11.1. The summed E-state index contributed by atoms with van der Waals surface area (Å²) >= 11 is 3.69. The van der Waals surface area contributed by atoms with Crippen molar-refractivity contribution < 1.29 is 9.53 Å². The fraction of sp³-hybridized carbons (Fsp3) is 0.692. The van der Waals surface area contributed by atoms with Crippen molar-refractivity contribution in [3.8, 4) is 0 Å². The van der Waals surface area contributed by atoms with Gasteiger partial charge in [-0.15, -0.1) is 11.3 Å². The lowest BCUT2D eigenvalue weighted by molar-refractivity contribution is -0.140. The number of esters is 1. The van der Waals surface area contributed by atoms with E-state index in [1.165, 1.54) is 7.11 Å². The number of rotatable bonds is 4. The van der Waals surface area contributed by atoms with Gasteiger partial charge >= 0.3 is 5.97 Å². The second-order valence-corrected chi connectivity index (χ2v) is 7.87. The van der Waals surface area contributed by atoms with Crippen molar-refractivity contribution in [1.29, 1.82) is 0 Å². The number of thiazole rings is 1. The maximum Gasteiger partial charge on any atom is 0.305 e. The van der Waals surface area contributed by atoms with Gasteiger partial charge in [0.05, 0.1) is 19.2 Å². The number of thioether (sulfide) groups is 1. The van der Waals surface area contributed by atoms with Crippen LogP contribution in [0.3, 0.4) is 0 Å². The Labute approximate surface area is 122 Å². The second kappa shape index (κ2) is 6.13. The summed E-state index contributed by atoms with van der Waals surface area (Å²) < 4.78 is 4.93. The fourth-order valence-electron chi connectivity index (χ4n) is 2.07. The first-order valence-corrected chi connectivity index (χ1v) is 8.27. The van der Waals surface area contributed by atoms with Crippen LogP contribution in [0.2, 0.25) is 0 Å². The highest BCUT2D eigenvalue weighted by molar-refractivity contribution is 8.00. The average Bonchev–Trinajstić information content (AvgIpc) is 2.83. The minimum atomic E-state index is -0.176. The van der Waals surface area contributed by atoms with Gasteiger partial charge in [0.2, 0.25) is 0 Å². The minimum Gasteiger partial charge on any atom is -0.469 e. The van der Waals surface area contributed by atoms with Crippen molar-refractivity contribution in [3.63, 3.8) is 0 Å². The number of aromatic nitrogens is 1. The lowest BCUT2D eigenvalue weighted by Gasteiger charge is -2.37. The minimum absolute atomic E-state index is 0.176. The molecule has 0 unspecified atom stereocenters. The molecule has 0 N–H and O–H groups in total. The summed E-state index contributed by atoms with van der Waals surface area (Å²) in [5.74, 6) is 0.967. The molecule has 2 heterocycles. The van der Waals surface area contributed by atoms with Crippen LogP contribution in [0.1, 0.15) is 26.0 Å². The zero-order chi connectivity index (χ0) is 13.9. The standard InChI is InChI=1S/C13H20N2O2S2/c1-13(2)9-15(6-7-19-13)12-14-10(8-18-12)4-5-11(16)17-3/h8H,4-7,9H2,1-3H3. The Balaban J connectivity index is 1.95. The highest BCUT2D eigenvalue weighted by Crippen LogP contribution is 2.33. The molecule has 0 spiro atoms. The van der Waals surface area contributed by atoms with Crippen LogP contribution in [-0.4, -0.2) is 41.7 Å². The molecule has 0 saturated carbocycles. The van der Waals surface area contributed by atoms with Gasteiger partial charge < -0.3 is 9.64 Å². The number of ether oxygens (including phenoxy) is 1. The second-order valence-electron chi connectivity index (χ2n) is 5.23. The lowest BCUT2D eigenvalue weighted by Crippen LogP contribution is -2.43. The molecule has 0 atom stereocenters. The summed E-state index contributed by atoms with van der Waals surface area (Å²) in [5.41, 5.74) is 0.987. The number of aryl methyl sites for hydroxylation is 1. The summed E-state index contributed by atoms with van der Waals surface area (Å²) in [6.45, 7) is 6.63. The van der Waals surface area contributed by atoms with Crippen molar-refractivity contribution in [2.75, 3.05) is 30.9 Å². The van der Waals surface area contributed by atoms with Gasteiger partial charge in [-0.25, -0.2) is 4.98 Å². The Morgan fingerprint density at radius 3 is 3.05 bits per heavy atom. The van der Waals surface area contributed by atoms with Crippen molar-refractivity contribution in [2.24, 2.45) is 0 Å². The van der Waals surface area contributed by atoms with Crippen molar-refractivity contribution in [2.45, 2.75) is 31.4 Å². The van der Waals surface area contributed by atoms with E-state index >= 15 is 0 Å². The monoisotopic (exact) mass is 300 g/mol. The van der Waals surface area contributed by atoms with Gasteiger partial charge in [-0.3, -0.25) is 4.79 Å². The molecule has 1 aromatic rings. The molecule has 6 heteroatoms. The Hall–Kier alpha value is -0.750. The van der Waals surface area contributed by atoms with E-state index in [2.05, 4.69) is 28.5 Å². The Bertz CT molecular complexity index is 446. The normalized spacial score (nSPS) is 18.4. The molecule has 0 aromatic carbocycles. The molecular weight excluding hydrogens is 280 g/mol. The highest BCUT2D eigenvalue weighted by atomic mass is 32.2. The third kappa shape index (κ3) is 4.11. The van der Waals surface area contributed by atoms with E-state index in [1.54, 1.807) is 11.3 Å². The number of nitrogens with zero attached hydrogens (tertiary/aromatic N) is 2. The largest absolute Gasteiger partial charge is 0.469 e.